The molecule has 4 fully saturated rings. The van der Waals surface area contributed by atoms with Crippen LogP contribution in [-0.4, -0.2) is 26.5 Å². The third kappa shape index (κ3) is 5.49. The summed E-state index contributed by atoms with van der Waals surface area (Å²) >= 11 is 0. The minimum atomic E-state index is 0.319. The van der Waals surface area contributed by atoms with Crippen molar-refractivity contribution in [1.82, 2.24) is 20.0 Å². The van der Waals surface area contributed by atoms with Crippen molar-refractivity contribution in [1.29, 1.82) is 0 Å². The topological polar surface area (TPSA) is 46.8 Å². The fourth-order valence-electron chi connectivity index (χ4n) is 8.10. The van der Waals surface area contributed by atoms with Gasteiger partial charge in [-0.05, 0) is 118 Å². The van der Waals surface area contributed by atoms with Crippen LogP contribution >= 0.6 is 0 Å². The molecule has 0 saturated heterocycles. The standard InChI is InChI=1S/C36H49N5/c1-6-29-12-13-32(20-27(29)4)36-17-14-35(15-18-36,16-19-36)25-40(28(5)30-10-8-7-9-11-30)33-21-34(39-37-23-33)31-22-38-41(24-31)26(2)3/h12-13,20-24,26,30H,5-11,14-19,25H2,1-4H3. The zero-order valence-corrected chi connectivity index (χ0v) is 25.8. The molecule has 0 radical (unpaired) electrons. The van der Waals surface area contributed by atoms with Crippen molar-refractivity contribution in [3.63, 3.8) is 0 Å². The molecule has 5 nitrogen and oxygen atoms in total. The average molecular weight is 552 g/mol. The Bertz CT molecular complexity index is 1350. The van der Waals surface area contributed by atoms with Crippen LogP contribution in [0.25, 0.3) is 11.3 Å². The predicted molar refractivity (Wildman–Crippen MR) is 169 cm³/mol. The number of allylic oxidation sites excluding steroid dienone is 1. The van der Waals surface area contributed by atoms with Crippen molar-refractivity contribution < 1.29 is 0 Å². The van der Waals surface area contributed by atoms with Gasteiger partial charge in [-0.3, -0.25) is 4.68 Å². The summed E-state index contributed by atoms with van der Waals surface area (Å²) in [6.45, 7) is 14.7. The zero-order chi connectivity index (χ0) is 28.6. The van der Waals surface area contributed by atoms with E-state index in [2.05, 4.69) is 78.4 Å². The molecule has 0 aliphatic heterocycles. The number of benzene rings is 1. The van der Waals surface area contributed by atoms with Gasteiger partial charge in [0.15, 0.2) is 0 Å². The van der Waals surface area contributed by atoms with Gasteiger partial charge in [0, 0.05) is 30.0 Å². The second kappa shape index (κ2) is 11.4. The number of fused-ring (bicyclic) bond motifs is 3. The summed E-state index contributed by atoms with van der Waals surface area (Å²) < 4.78 is 2.00. The average Bonchev–Trinajstić information content (AvgIpc) is 3.52. The number of rotatable bonds is 9. The van der Waals surface area contributed by atoms with E-state index >= 15 is 0 Å². The number of hydrogen-bond acceptors (Lipinski definition) is 4. The summed E-state index contributed by atoms with van der Waals surface area (Å²) in [7, 11) is 0. The quantitative estimate of drug-likeness (QED) is 0.266. The molecule has 7 rings (SSSR count). The van der Waals surface area contributed by atoms with Gasteiger partial charge < -0.3 is 4.90 Å². The molecular weight excluding hydrogens is 502 g/mol. The van der Waals surface area contributed by atoms with Crippen LogP contribution in [0.1, 0.15) is 114 Å². The van der Waals surface area contributed by atoms with Crippen LogP contribution in [0, 0.1) is 18.3 Å². The molecule has 2 heterocycles. The van der Waals surface area contributed by atoms with Crippen molar-refractivity contribution in [3.8, 4) is 11.3 Å². The van der Waals surface area contributed by atoms with E-state index in [0.717, 1.165) is 29.9 Å². The normalized spacial score (nSPS) is 24.6. The van der Waals surface area contributed by atoms with E-state index in [1.165, 1.54) is 87.5 Å². The number of anilines is 1. The first-order chi connectivity index (χ1) is 19.8. The van der Waals surface area contributed by atoms with Crippen molar-refractivity contribution in [2.24, 2.45) is 11.3 Å². The van der Waals surface area contributed by atoms with Crippen LogP contribution in [-0.2, 0) is 11.8 Å². The van der Waals surface area contributed by atoms with Crippen LogP contribution in [0.4, 0.5) is 5.69 Å². The summed E-state index contributed by atoms with van der Waals surface area (Å²) in [5, 5.41) is 13.6. The molecule has 0 N–H and O–H groups in total. The minimum Gasteiger partial charge on any atom is -0.344 e. The lowest BCUT2D eigenvalue weighted by Crippen LogP contribution is -2.49. The fraction of sp³-hybridized carbons (Fsp3) is 0.583. The summed E-state index contributed by atoms with van der Waals surface area (Å²) in [4.78, 5) is 2.57. The summed E-state index contributed by atoms with van der Waals surface area (Å²) in [5.41, 5.74) is 9.62. The molecule has 4 aliphatic rings. The van der Waals surface area contributed by atoms with E-state index in [9.17, 15) is 0 Å². The SMILES string of the molecule is C=C(C1CCCCC1)N(CC12CCC(c3ccc(CC)c(C)c3)(CC1)CC2)c1cnnc(-c2cnn(C(C)C)c2)c1. The Morgan fingerprint density at radius 2 is 1.76 bits per heavy atom. The number of aromatic nitrogens is 4. The van der Waals surface area contributed by atoms with Gasteiger partial charge in [-0.15, -0.1) is 0 Å². The Kier molecular flexibility index (Phi) is 7.82. The molecule has 0 amide bonds. The maximum absolute atomic E-state index is 4.78. The maximum Gasteiger partial charge on any atom is 0.0981 e. The van der Waals surface area contributed by atoms with Crippen LogP contribution in [0.2, 0.25) is 0 Å². The smallest absolute Gasteiger partial charge is 0.0981 e. The van der Waals surface area contributed by atoms with Crippen molar-refractivity contribution in [2.45, 2.75) is 116 Å². The molecule has 4 aliphatic carbocycles. The largest absolute Gasteiger partial charge is 0.344 e. The first-order valence-electron chi connectivity index (χ1n) is 16.3. The Labute approximate surface area is 247 Å². The Hall–Kier alpha value is -2.95. The van der Waals surface area contributed by atoms with Crippen LogP contribution in [0.5, 0.6) is 0 Å². The van der Waals surface area contributed by atoms with E-state index in [4.69, 9.17) is 6.58 Å². The van der Waals surface area contributed by atoms with Crippen molar-refractivity contribution in [3.05, 3.63) is 71.8 Å². The van der Waals surface area contributed by atoms with Crippen LogP contribution in [0.3, 0.4) is 0 Å². The fourth-order valence-corrected chi connectivity index (χ4v) is 8.10. The molecule has 2 bridgehead atoms. The van der Waals surface area contributed by atoms with Crippen LogP contribution in [0.15, 0.2) is 55.1 Å². The van der Waals surface area contributed by atoms with Gasteiger partial charge in [0.2, 0.25) is 0 Å². The highest BCUT2D eigenvalue weighted by atomic mass is 15.3. The Morgan fingerprint density at radius 1 is 1.02 bits per heavy atom. The molecule has 0 spiro atoms. The molecule has 5 heteroatoms. The van der Waals surface area contributed by atoms with Gasteiger partial charge in [-0.2, -0.15) is 15.3 Å². The molecule has 2 aromatic heterocycles. The molecule has 3 aromatic rings. The first-order valence-corrected chi connectivity index (χ1v) is 16.3. The summed E-state index contributed by atoms with van der Waals surface area (Å²) in [6.07, 6.45) is 21.4. The Morgan fingerprint density at radius 3 is 2.39 bits per heavy atom. The van der Waals surface area contributed by atoms with Gasteiger partial charge >= 0.3 is 0 Å². The summed E-state index contributed by atoms with van der Waals surface area (Å²) in [5.74, 6) is 0.562. The summed E-state index contributed by atoms with van der Waals surface area (Å²) in [6, 6.07) is 9.91. The lowest BCUT2D eigenvalue weighted by atomic mass is 9.51. The number of aryl methyl sites for hydroxylation is 2. The third-order valence-corrected chi connectivity index (χ3v) is 11.0. The number of nitrogens with zero attached hydrogens (tertiary/aromatic N) is 5. The Balaban J connectivity index is 1.27. The van der Waals surface area contributed by atoms with E-state index < -0.39 is 0 Å². The van der Waals surface area contributed by atoms with Gasteiger partial charge in [0.05, 0.1) is 23.8 Å². The van der Waals surface area contributed by atoms with E-state index in [0.29, 0.717) is 22.8 Å². The molecular formula is C36H49N5. The first kappa shape index (κ1) is 28.2. The second-order valence-corrected chi connectivity index (χ2v) is 13.8. The van der Waals surface area contributed by atoms with Gasteiger partial charge in [-0.1, -0.05) is 51.0 Å². The van der Waals surface area contributed by atoms with Gasteiger partial charge in [-0.25, -0.2) is 0 Å². The van der Waals surface area contributed by atoms with Crippen molar-refractivity contribution in [2.75, 3.05) is 11.4 Å². The minimum absolute atomic E-state index is 0.319. The molecule has 1 aromatic carbocycles. The number of hydrogen-bond donors (Lipinski definition) is 0. The van der Waals surface area contributed by atoms with Crippen LogP contribution < -0.4 is 4.90 Å². The van der Waals surface area contributed by atoms with E-state index in [1.54, 1.807) is 5.56 Å². The van der Waals surface area contributed by atoms with Crippen molar-refractivity contribution >= 4 is 5.69 Å². The van der Waals surface area contributed by atoms with E-state index in [-0.39, 0.29) is 0 Å². The molecule has 0 unspecified atom stereocenters. The zero-order valence-electron chi connectivity index (χ0n) is 25.8. The second-order valence-electron chi connectivity index (χ2n) is 13.8. The highest BCUT2D eigenvalue weighted by molar-refractivity contribution is 5.64. The lowest BCUT2D eigenvalue weighted by molar-refractivity contribution is 0.0460. The molecule has 41 heavy (non-hydrogen) atoms. The predicted octanol–water partition coefficient (Wildman–Crippen LogP) is 8.98. The molecule has 218 valence electrons. The third-order valence-electron chi connectivity index (χ3n) is 11.0. The monoisotopic (exact) mass is 551 g/mol. The molecule has 0 atom stereocenters. The van der Waals surface area contributed by atoms with E-state index in [1.807, 2.05) is 17.1 Å². The highest BCUT2D eigenvalue weighted by Crippen LogP contribution is 2.58. The van der Waals surface area contributed by atoms with Gasteiger partial charge in [0.1, 0.15) is 0 Å². The highest BCUT2D eigenvalue weighted by Gasteiger charge is 2.50. The molecule has 4 saturated carbocycles. The van der Waals surface area contributed by atoms with Gasteiger partial charge in [0.25, 0.3) is 0 Å². The lowest BCUT2D eigenvalue weighted by Gasteiger charge is -2.55. The maximum atomic E-state index is 4.78.